The van der Waals surface area contributed by atoms with Crippen LogP contribution >= 0.6 is 9.12 Å². The van der Waals surface area contributed by atoms with Crippen molar-refractivity contribution in [3.05, 3.63) is 0 Å². The summed E-state index contributed by atoms with van der Waals surface area (Å²) in [6.45, 7) is 0. The molecule has 1 atom stereocenters. The summed E-state index contributed by atoms with van der Waals surface area (Å²) in [5, 5.41) is 0. The highest BCUT2D eigenvalue weighted by atomic mass is 31.0. The molecule has 0 bridgehead atoms. The Hall–Kier alpha value is 0.215. The van der Waals surface area contributed by atoms with Crippen LogP contribution in [-0.2, 0) is 0 Å². The van der Waals surface area contributed by atoms with Gasteiger partial charge in [0.1, 0.15) is 0 Å². The van der Waals surface area contributed by atoms with Gasteiger partial charge in [-0.15, -0.1) is 0 Å². The first-order valence-electron chi connectivity index (χ1n) is 0.333. The topological polar surface area (TPSA) is 0 Å². The van der Waals surface area contributed by atoms with Gasteiger partial charge in [-0.3, -0.25) is 18.8 Å². The van der Waals surface area contributed by atoms with E-state index in [4.69, 9.17) is 0 Å². The first kappa shape index (κ1) is 115. The lowest BCUT2D eigenvalue weighted by Crippen LogP contribution is -0.937. The highest BCUT2D eigenvalue weighted by molar-refractivity contribution is 7.49. The number of hydrogen-bond acceptors (Lipinski definition) is 0. The zero-order valence-electron chi connectivity index (χ0n) is 2.79. The van der Waals surface area contributed by atoms with Gasteiger partial charge in [-0.2, -0.15) is 9.12 Å². The van der Waals surface area contributed by atoms with E-state index >= 15 is 0 Å². The van der Waals surface area contributed by atoms with E-state index in [1.165, 1.54) is 0 Å². The van der Waals surface area contributed by atoms with Crippen LogP contribution in [-0.4, -0.2) is 7.57 Å². The lowest BCUT2D eigenvalue weighted by molar-refractivity contribution is 1.11. The van der Waals surface area contributed by atoms with Crippen LogP contribution < -0.4 is 0 Å². The molecular weight excluding hydrogens is 118 g/mol. The van der Waals surface area contributed by atoms with Gasteiger partial charge in [-0.1, -0.05) is 0 Å². The fourth-order valence-corrected chi connectivity index (χ4v) is 0. The SMILES string of the molecule is F.F.F.F.[B]P. The van der Waals surface area contributed by atoms with Crippen molar-refractivity contribution in [3.63, 3.8) is 0 Å². The molecule has 0 aliphatic heterocycles. The Morgan fingerprint density at radius 1 is 0.667 bits per heavy atom. The first-order chi connectivity index (χ1) is 1.00. The van der Waals surface area contributed by atoms with E-state index in [1.54, 1.807) is 0 Å². The van der Waals surface area contributed by atoms with Gasteiger partial charge in [-0.05, 0) is 0 Å². The summed E-state index contributed by atoms with van der Waals surface area (Å²) in [7, 11) is 6.33. The fourth-order valence-electron chi connectivity index (χ4n) is 0. The lowest BCUT2D eigenvalue weighted by Gasteiger charge is -1.05. The molecule has 0 amide bonds. The van der Waals surface area contributed by atoms with Gasteiger partial charge < -0.3 is 0 Å². The Morgan fingerprint density at radius 2 is 0.667 bits per heavy atom. The van der Waals surface area contributed by atoms with E-state index < -0.39 is 0 Å². The predicted octanol–water partition coefficient (Wildman–Crippen LogP) is 0.555. The Balaban J connectivity index is -0.000000000833. The van der Waals surface area contributed by atoms with Crippen molar-refractivity contribution in [2.45, 2.75) is 0 Å². The lowest BCUT2D eigenvalue weighted by atomic mass is 10.8. The highest BCUT2D eigenvalue weighted by Crippen LogP contribution is 1.42. The van der Waals surface area contributed by atoms with E-state index in [9.17, 15) is 0 Å². The summed E-state index contributed by atoms with van der Waals surface area (Å²) < 4.78 is 0. The summed E-state index contributed by atoms with van der Waals surface area (Å²) >= 11 is 0. The van der Waals surface area contributed by atoms with E-state index in [0.717, 1.165) is 0 Å². The quantitative estimate of drug-likeness (QED) is 0.251. The molecule has 0 N–H and O–H groups in total. The molecule has 0 aromatic rings. The molecule has 0 heterocycles. The zero-order valence-corrected chi connectivity index (χ0v) is 3.94. The van der Waals surface area contributed by atoms with Crippen molar-refractivity contribution in [3.8, 4) is 0 Å². The molecule has 0 nitrogen and oxygen atoms in total. The van der Waals surface area contributed by atoms with Crippen molar-refractivity contribution < 1.29 is 18.8 Å². The second-order valence-electron chi connectivity index (χ2n) is 0. The minimum atomic E-state index is 0. The van der Waals surface area contributed by atoms with Crippen LogP contribution in [0.25, 0.3) is 0 Å². The summed E-state index contributed by atoms with van der Waals surface area (Å²) in [4.78, 5) is 0. The normalized spacial score (nSPS) is 0.833. The molecule has 6 heavy (non-hydrogen) atoms. The summed E-state index contributed by atoms with van der Waals surface area (Å²) in [6, 6.07) is 0. The fraction of sp³-hybridized carbons (Fsp3) is 0. The summed E-state index contributed by atoms with van der Waals surface area (Å²) in [5.74, 6) is 0. The largest absolute Gasteiger partial charge is 0.269 e. The first-order valence-corrected chi connectivity index (χ1v) is 1.00. The van der Waals surface area contributed by atoms with Crippen LogP contribution in [0, 0.1) is 0 Å². The molecule has 0 spiro atoms. The molecule has 42 valence electrons. The van der Waals surface area contributed by atoms with Gasteiger partial charge in [-0.25, -0.2) is 0 Å². The van der Waals surface area contributed by atoms with E-state index in [1.807, 2.05) is 9.12 Å². The molecule has 0 aromatic carbocycles. The molecule has 2 radical (unpaired) electrons. The van der Waals surface area contributed by atoms with Crippen molar-refractivity contribution in [1.29, 1.82) is 0 Å². The number of rotatable bonds is 0. The average Bonchev–Trinajstić information content (AvgIpc) is 1.00. The Kier molecular flexibility index (Phi) is 38300. The van der Waals surface area contributed by atoms with E-state index in [-0.39, 0.29) is 18.8 Å². The van der Waals surface area contributed by atoms with Gasteiger partial charge in [0, 0.05) is 0 Å². The van der Waals surface area contributed by atoms with Crippen LogP contribution in [0.4, 0.5) is 18.8 Å². The smallest absolute Gasteiger partial charge is 0.0996 e. The maximum Gasteiger partial charge on any atom is 0.0996 e. The molecule has 6 heteroatoms. The Morgan fingerprint density at radius 3 is 0.667 bits per heavy atom. The third kappa shape index (κ3) is 943. The minimum Gasteiger partial charge on any atom is -0.269 e. The standard InChI is InChI=1S/BH2P.4FH/c1-2;;;;/h2H2;4*1H. The van der Waals surface area contributed by atoms with Crippen molar-refractivity contribution in [2.24, 2.45) is 0 Å². The Bertz CT molecular complexity index is 7.51. The predicted molar refractivity (Wildman–Crippen MR) is 25.5 cm³/mol. The van der Waals surface area contributed by atoms with Crippen molar-refractivity contribution in [2.75, 3.05) is 0 Å². The molecule has 0 rings (SSSR count). The van der Waals surface area contributed by atoms with E-state index in [2.05, 4.69) is 7.57 Å². The number of halogens is 4. The van der Waals surface area contributed by atoms with Crippen molar-refractivity contribution >= 4 is 16.7 Å². The second-order valence-corrected chi connectivity index (χ2v) is 0. The molecule has 0 saturated heterocycles. The van der Waals surface area contributed by atoms with Crippen LogP contribution in [0.1, 0.15) is 0 Å². The van der Waals surface area contributed by atoms with Gasteiger partial charge >= 0.3 is 0 Å². The molecular formula is H6BF4P. The minimum absolute atomic E-state index is 0. The van der Waals surface area contributed by atoms with Crippen LogP contribution in [0.3, 0.4) is 0 Å². The van der Waals surface area contributed by atoms with Crippen molar-refractivity contribution in [1.82, 2.24) is 0 Å². The van der Waals surface area contributed by atoms with E-state index in [0.29, 0.717) is 0 Å². The molecule has 0 saturated carbocycles. The molecule has 0 fully saturated rings. The van der Waals surface area contributed by atoms with Gasteiger partial charge in [0.15, 0.2) is 0 Å². The van der Waals surface area contributed by atoms with Crippen LogP contribution in [0.5, 0.6) is 0 Å². The third-order valence-electron chi connectivity index (χ3n) is 0. The highest BCUT2D eigenvalue weighted by Gasteiger charge is 0.966. The van der Waals surface area contributed by atoms with Crippen LogP contribution in [0.2, 0.25) is 0 Å². The second kappa shape index (κ2) is 2010. The maximum absolute atomic E-state index is 4.42. The number of hydrogen-bond donors (Lipinski definition) is 0. The zero-order chi connectivity index (χ0) is 2.00. The van der Waals surface area contributed by atoms with Gasteiger partial charge in [0.05, 0.1) is 7.57 Å². The van der Waals surface area contributed by atoms with Gasteiger partial charge in [0.2, 0.25) is 0 Å². The third-order valence-corrected chi connectivity index (χ3v) is 0. The Labute approximate surface area is 36.7 Å². The monoisotopic (exact) mass is 124 g/mol. The summed E-state index contributed by atoms with van der Waals surface area (Å²) in [5.41, 5.74) is 0. The molecule has 0 aromatic heterocycles. The average molecular weight is 124 g/mol. The molecule has 1 unspecified atom stereocenters. The van der Waals surface area contributed by atoms with Crippen LogP contribution in [0.15, 0.2) is 0 Å². The molecule has 0 aliphatic rings. The molecule has 0 aliphatic carbocycles. The van der Waals surface area contributed by atoms with Gasteiger partial charge in [0.25, 0.3) is 0 Å². The summed E-state index contributed by atoms with van der Waals surface area (Å²) in [6.07, 6.45) is 0. The maximum atomic E-state index is 4.42.